The lowest BCUT2D eigenvalue weighted by Gasteiger charge is -2.38. The maximum atomic E-state index is 5.69. The fourth-order valence-electron chi connectivity index (χ4n) is 3.77. The molecular formula is C20H32IN3O2. The van der Waals surface area contributed by atoms with E-state index in [-0.39, 0.29) is 24.0 Å². The molecule has 0 amide bonds. The lowest BCUT2D eigenvalue weighted by molar-refractivity contribution is 0.146. The predicted molar refractivity (Wildman–Crippen MR) is 117 cm³/mol. The summed E-state index contributed by atoms with van der Waals surface area (Å²) in [6.45, 7) is 7.18. The number of hydrogen-bond donors (Lipinski definition) is 1. The first kappa shape index (κ1) is 21.3. The van der Waals surface area contributed by atoms with Crippen molar-refractivity contribution in [1.29, 1.82) is 0 Å². The monoisotopic (exact) mass is 473 g/mol. The summed E-state index contributed by atoms with van der Waals surface area (Å²) >= 11 is 0. The van der Waals surface area contributed by atoms with E-state index in [2.05, 4.69) is 29.3 Å². The number of ether oxygens (including phenoxy) is 2. The number of halogens is 1. The maximum Gasteiger partial charge on any atom is 0.194 e. The minimum Gasteiger partial charge on any atom is -0.491 e. The van der Waals surface area contributed by atoms with Gasteiger partial charge in [0.15, 0.2) is 5.96 Å². The van der Waals surface area contributed by atoms with E-state index < -0.39 is 0 Å². The van der Waals surface area contributed by atoms with E-state index in [0.717, 1.165) is 24.8 Å². The molecule has 0 atom stereocenters. The van der Waals surface area contributed by atoms with Crippen LogP contribution in [-0.4, -0.2) is 50.8 Å². The average molecular weight is 473 g/mol. The summed E-state index contributed by atoms with van der Waals surface area (Å²) in [7, 11) is 1.68. The van der Waals surface area contributed by atoms with Gasteiger partial charge in [0.25, 0.3) is 0 Å². The van der Waals surface area contributed by atoms with Crippen molar-refractivity contribution < 1.29 is 9.47 Å². The van der Waals surface area contributed by atoms with Crippen molar-refractivity contribution in [2.24, 2.45) is 10.4 Å². The smallest absolute Gasteiger partial charge is 0.194 e. The average Bonchev–Trinajstić information content (AvgIpc) is 3.05. The molecule has 146 valence electrons. The van der Waals surface area contributed by atoms with Gasteiger partial charge in [-0.2, -0.15) is 0 Å². The Morgan fingerprint density at radius 3 is 2.77 bits per heavy atom. The third kappa shape index (κ3) is 5.49. The van der Waals surface area contributed by atoms with Crippen molar-refractivity contribution in [3.05, 3.63) is 29.8 Å². The number of guanidine groups is 1. The van der Waals surface area contributed by atoms with Gasteiger partial charge in [0, 0.05) is 26.7 Å². The van der Waals surface area contributed by atoms with Crippen molar-refractivity contribution in [2.45, 2.75) is 39.2 Å². The topological polar surface area (TPSA) is 46.1 Å². The Balaban J connectivity index is 0.00000243. The molecule has 2 fully saturated rings. The second-order valence-corrected chi connectivity index (χ2v) is 7.18. The van der Waals surface area contributed by atoms with Crippen molar-refractivity contribution in [3.8, 4) is 5.75 Å². The Labute approximate surface area is 174 Å². The first-order valence-electron chi connectivity index (χ1n) is 9.49. The second-order valence-electron chi connectivity index (χ2n) is 7.18. The van der Waals surface area contributed by atoms with Crippen LogP contribution in [0.15, 0.2) is 29.3 Å². The molecule has 0 radical (unpaired) electrons. The van der Waals surface area contributed by atoms with E-state index in [4.69, 9.17) is 14.5 Å². The van der Waals surface area contributed by atoms with E-state index in [0.29, 0.717) is 25.2 Å². The summed E-state index contributed by atoms with van der Waals surface area (Å²) in [5, 5.41) is 3.47. The number of nitrogens with zero attached hydrogens (tertiary/aromatic N) is 2. The van der Waals surface area contributed by atoms with Gasteiger partial charge in [0.1, 0.15) is 12.4 Å². The van der Waals surface area contributed by atoms with Crippen LogP contribution < -0.4 is 10.1 Å². The Kier molecular flexibility index (Phi) is 8.47. The van der Waals surface area contributed by atoms with Gasteiger partial charge in [0.05, 0.1) is 13.2 Å². The van der Waals surface area contributed by atoms with Gasteiger partial charge >= 0.3 is 0 Å². The zero-order valence-electron chi connectivity index (χ0n) is 16.0. The van der Waals surface area contributed by atoms with Crippen LogP contribution in [0.4, 0.5) is 0 Å². The van der Waals surface area contributed by atoms with Crippen LogP contribution in [-0.2, 0) is 11.3 Å². The van der Waals surface area contributed by atoms with Gasteiger partial charge < -0.3 is 19.7 Å². The standard InChI is InChI=1S/C20H31N3O2.HI/c1-3-21-19(23-11-10-20(16-23)8-5-9-20)22-15-17-6-4-7-18(14-17)25-13-12-24-2;/h4,6-7,14H,3,5,8-13,15-16H2,1-2H3,(H,21,22);1H. The zero-order valence-corrected chi connectivity index (χ0v) is 18.3. The minimum atomic E-state index is 0. The summed E-state index contributed by atoms with van der Waals surface area (Å²) in [4.78, 5) is 7.32. The molecule has 1 N–H and O–H groups in total. The van der Waals surface area contributed by atoms with Gasteiger partial charge in [-0.15, -0.1) is 24.0 Å². The summed E-state index contributed by atoms with van der Waals surface area (Å²) in [6, 6.07) is 8.18. The molecular weight excluding hydrogens is 441 g/mol. The van der Waals surface area contributed by atoms with E-state index in [1.807, 2.05) is 12.1 Å². The Bertz CT molecular complexity index is 590. The van der Waals surface area contributed by atoms with Crippen molar-refractivity contribution in [3.63, 3.8) is 0 Å². The van der Waals surface area contributed by atoms with Crippen LogP contribution in [0.3, 0.4) is 0 Å². The molecule has 0 aromatic heterocycles. The number of hydrogen-bond acceptors (Lipinski definition) is 3. The SMILES string of the molecule is CCNC(=NCc1cccc(OCCOC)c1)N1CCC2(CCC2)C1.I. The van der Waals surface area contributed by atoms with Gasteiger partial charge in [-0.05, 0) is 49.3 Å². The quantitative estimate of drug-likeness (QED) is 0.284. The predicted octanol–water partition coefficient (Wildman–Crippen LogP) is 3.67. The highest BCUT2D eigenvalue weighted by atomic mass is 127. The molecule has 2 aliphatic rings. The second kappa shape index (κ2) is 10.3. The van der Waals surface area contributed by atoms with Crippen LogP contribution in [0.2, 0.25) is 0 Å². The lowest BCUT2D eigenvalue weighted by Crippen LogP contribution is -2.42. The van der Waals surface area contributed by atoms with Crippen LogP contribution in [0.5, 0.6) is 5.75 Å². The highest BCUT2D eigenvalue weighted by molar-refractivity contribution is 14.0. The van der Waals surface area contributed by atoms with E-state index in [1.54, 1.807) is 7.11 Å². The van der Waals surface area contributed by atoms with E-state index in [9.17, 15) is 0 Å². The number of nitrogens with one attached hydrogen (secondary N) is 1. The minimum absolute atomic E-state index is 0. The van der Waals surface area contributed by atoms with Crippen molar-refractivity contribution in [2.75, 3.05) is 40.0 Å². The third-order valence-corrected chi connectivity index (χ3v) is 5.35. The molecule has 6 heteroatoms. The normalized spacial score (nSPS) is 18.4. The first-order chi connectivity index (χ1) is 12.2. The molecule has 1 aromatic carbocycles. The van der Waals surface area contributed by atoms with Gasteiger partial charge in [-0.3, -0.25) is 0 Å². The molecule has 1 spiro atoms. The van der Waals surface area contributed by atoms with E-state index >= 15 is 0 Å². The summed E-state index contributed by atoms with van der Waals surface area (Å²) in [6.07, 6.45) is 5.51. The molecule has 1 aromatic rings. The number of rotatable bonds is 7. The fraction of sp³-hybridized carbons (Fsp3) is 0.650. The van der Waals surface area contributed by atoms with Gasteiger partial charge in [-0.25, -0.2) is 4.99 Å². The third-order valence-electron chi connectivity index (χ3n) is 5.35. The molecule has 1 saturated heterocycles. The van der Waals surface area contributed by atoms with Crippen LogP contribution in [0, 0.1) is 5.41 Å². The fourth-order valence-corrected chi connectivity index (χ4v) is 3.77. The zero-order chi connectivity index (χ0) is 17.5. The molecule has 1 aliphatic heterocycles. The molecule has 5 nitrogen and oxygen atoms in total. The van der Waals surface area contributed by atoms with Crippen LogP contribution in [0.25, 0.3) is 0 Å². The Morgan fingerprint density at radius 1 is 1.27 bits per heavy atom. The lowest BCUT2D eigenvalue weighted by atomic mass is 9.68. The molecule has 0 unspecified atom stereocenters. The number of benzene rings is 1. The summed E-state index contributed by atoms with van der Waals surface area (Å²) < 4.78 is 10.7. The highest BCUT2D eigenvalue weighted by Crippen LogP contribution is 2.47. The van der Waals surface area contributed by atoms with Crippen LogP contribution in [0.1, 0.15) is 38.2 Å². The Hall–Kier alpha value is -1.02. The molecule has 1 saturated carbocycles. The molecule has 0 bridgehead atoms. The number of aliphatic imine (C=N–C) groups is 1. The largest absolute Gasteiger partial charge is 0.491 e. The molecule has 1 aliphatic carbocycles. The number of likely N-dealkylation sites (tertiary alicyclic amines) is 1. The van der Waals surface area contributed by atoms with E-state index in [1.165, 1.54) is 37.8 Å². The van der Waals surface area contributed by atoms with Crippen molar-refractivity contribution >= 4 is 29.9 Å². The summed E-state index contributed by atoms with van der Waals surface area (Å²) in [5.41, 5.74) is 1.76. The van der Waals surface area contributed by atoms with Crippen molar-refractivity contribution in [1.82, 2.24) is 10.2 Å². The summed E-state index contributed by atoms with van der Waals surface area (Å²) in [5.74, 6) is 1.93. The molecule has 26 heavy (non-hydrogen) atoms. The van der Waals surface area contributed by atoms with Gasteiger partial charge in [0.2, 0.25) is 0 Å². The highest BCUT2D eigenvalue weighted by Gasteiger charge is 2.43. The Morgan fingerprint density at radius 2 is 2.12 bits per heavy atom. The maximum absolute atomic E-state index is 5.69. The van der Waals surface area contributed by atoms with Gasteiger partial charge in [-0.1, -0.05) is 18.6 Å². The van der Waals surface area contributed by atoms with Crippen LogP contribution >= 0.6 is 24.0 Å². The first-order valence-corrected chi connectivity index (χ1v) is 9.49. The molecule has 3 rings (SSSR count). The molecule has 1 heterocycles. The number of methoxy groups -OCH3 is 1.